The molecule has 0 radical (unpaired) electrons. The molecule has 0 aliphatic carbocycles. The van der Waals surface area contributed by atoms with E-state index in [9.17, 15) is 19.8 Å². The molecule has 0 saturated heterocycles. The van der Waals surface area contributed by atoms with Gasteiger partial charge in [-0.2, -0.15) is 0 Å². The Balaban J connectivity index is 3.12. The van der Waals surface area contributed by atoms with Crippen LogP contribution in [0.15, 0.2) is 59.2 Å². The van der Waals surface area contributed by atoms with Crippen LogP contribution in [0, 0.1) is 0 Å². The molecule has 170 valence electrons. The van der Waals surface area contributed by atoms with Gasteiger partial charge in [0.15, 0.2) is 0 Å². The van der Waals surface area contributed by atoms with E-state index >= 15 is 0 Å². The van der Waals surface area contributed by atoms with Crippen molar-refractivity contribution in [3.63, 3.8) is 0 Å². The Kier molecular flexibility index (Phi) is 13.7. The van der Waals surface area contributed by atoms with Gasteiger partial charge in [0.05, 0.1) is 0 Å². The summed E-state index contributed by atoms with van der Waals surface area (Å²) in [5.41, 5.74) is 2.17. The Morgan fingerprint density at radius 1 is 0.710 bits per heavy atom. The van der Waals surface area contributed by atoms with E-state index in [1.54, 1.807) is 12.2 Å². The number of unbranched alkanes of at least 4 members (excludes halogenated alkanes) is 7. The van der Waals surface area contributed by atoms with Crippen LogP contribution in [0.25, 0.3) is 6.08 Å². The molecule has 0 bridgehead atoms. The van der Waals surface area contributed by atoms with E-state index in [0.29, 0.717) is 29.6 Å². The molecule has 0 unspecified atom stereocenters. The first-order valence-electron chi connectivity index (χ1n) is 11.6. The maximum atomic E-state index is 11.9. The monoisotopic (exact) mass is 426 g/mol. The van der Waals surface area contributed by atoms with E-state index in [4.69, 9.17) is 0 Å². The number of carboxylic acid groups (broad SMARTS) is 2. The molecule has 0 aliphatic rings. The standard InChI is InChI=1S/C27H38O4/c1-3-5-7-8-9-14-18-25(27(30)31)21-23(19-22-15-12-10-13-16-22)20-24(26(28)29)17-11-6-4-2/h10,12-13,15-16,19-21H,3-9,11,14,17-18H2,1-2H3,(H,28,29)(H,30,31). The predicted molar refractivity (Wildman–Crippen MR) is 128 cm³/mol. The van der Waals surface area contributed by atoms with Crippen LogP contribution in [0.4, 0.5) is 0 Å². The summed E-state index contributed by atoms with van der Waals surface area (Å²) in [4.78, 5) is 23.6. The average Bonchev–Trinajstić information content (AvgIpc) is 2.75. The highest BCUT2D eigenvalue weighted by Crippen LogP contribution is 2.20. The molecular weight excluding hydrogens is 388 g/mol. The zero-order chi connectivity index (χ0) is 22.9. The van der Waals surface area contributed by atoms with Crippen molar-refractivity contribution < 1.29 is 19.8 Å². The summed E-state index contributed by atoms with van der Waals surface area (Å²) in [6.07, 6.45) is 15.4. The molecule has 1 aromatic carbocycles. The summed E-state index contributed by atoms with van der Waals surface area (Å²) in [5.74, 6) is -1.89. The van der Waals surface area contributed by atoms with Crippen molar-refractivity contribution in [3.05, 3.63) is 64.8 Å². The lowest BCUT2D eigenvalue weighted by atomic mass is 9.99. The first-order valence-corrected chi connectivity index (χ1v) is 11.6. The Morgan fingerprint density at radius 3 is 1.68 bits per heavy atom. The van der Waals surface area contributed by atoms with Crippen molar-refractivity contribution in [2.45, 2.75) is 84.5 Å². The van der Waals surface area contributed by atoms with Crippen LogP contribution in [0.2, 0.25) is 0 Å². The van der Waals surface area contributed by atoms with Crippen LogP contribution in [-0.2, 0) is 9.59 Å². The Bertz CT molecular complexity index is 757. The number of hydrogen-bond acceptors (Lipinski definition) is 2. The minimum Gasteiger partial charge on any atom is -0.478 e. The van der Waals surface area contributed by atoms with Gasteiger partial charge in [-0.25, -0.2) is 9.59 Å². The first kappa shape index (κ1) is 26.4. The highest BCUT2D eigenvalue weighted by atomic mass is 16.4. The normalized spacial score (nSPS) is 12.8. The second-order valence-electron chi connectivity index (χ2n) is 7.98. The highest BCUT2D eigenvalue weighted by molar-refractivity contribution is 5.90. The fourth-order valence-electron chi connectivity index (χ4n) is 3.41. The summed E-state index contributed by atoms with van der Waals surface area (Å²) in [6, 6.07) is 9.58. The van der Waals surface area contributed by atoms with Crippen LogP contribution in [0.3, 0.4) is 0 Å². The lowest BCUT2D eigenvalue weighted by Crippen LogP contribution is -2.03. The van der Waals surface area contributed by atoms with Gasteiger partial charge >= 0.3 is 11.9 Å². The molecule has 0 saturated carbocycles. The minimum absolute atomic E-state index is 0.316. The molecule has 0 amide bonds. The van der Waals surface area contributed by atoms with Gasteiger partial charge in [0.25, 0.3) is 0 Å². The van der Waals surface area contributed by atoms with E-state index in [0.717, 1.165) is 44.1 Å². The number of hydrogen-bond donors (Lipinski definition) is 2. The van der Waals surface area contributed by atoms with Crippen LogP contribution >= 0.6 is 0 Å². The second kappa shape index (κ2) is 16.1. The molecule has 0 aromatic heterocycles. The summed E-state index contributed by atoms with van der Waals surface area (Å²) in [5, 5.41) is 19.4. The van der Waals surface area contributed by atoms with Crippen LogP contribution in [0.1, 0.15) is 90.0 Å². The second-order valence-corrected chi connectivity index (χ2v) is 7.98. The molecule has 0 aliphatic heterocycles. The van der Waals surface area contributed by atoms with E-state index in [1.165, 1.54) is 19.3 Å². The minimum atomic E-state index is -0.948. The SMILES string of the molecule is CCCCCCCCC(=CC(=Cc1ccccc1)C=C(CCCCC)C(=O)O)C(=O)O. The molecule has 0 atom stereocenters. The number of benzene rings is 1. The molecule has 1 aromatic rings. The number of allylic oxidation sites excluding steroid dienone is 3. The molecule has 4 heteroatoms. The fraction of sp³-hybridized carbons (Fsp3) is 0.481. The fourth-order valence-corrected chi connectivity index (χ4v) is 3.41. The lowest BCUT2D eigenvalue weighted by molar-refractivity contribution is -0.133. The molecule has 1 rings (SSSR count). The van der Waals surface area contributed by atoms with Gasteiger partial charge < -0.3 is 10.2 Å². The predicted octanol–water partition coefficient (Wildman–Crippen LogP) is 7.42. The van der Waals surface area contributed by atoms with E-state index < -0.39 is 11.9 Å². The average molecular weight is 427 g/mol. The van der Waals surface area contributed by atoms with Crippen molar-refractivity contribution in [2.75, 3.05) is 0 Å². The quantitative estimate of drug-likeness (QED) is 0.164. The third-order valence-electron chi connectivity index (χ3n) is 5.21. The maximum absolute atomic E-state index is 11.9. The van der Waals surface area contributed by atoms with Crippen molar-refractivity contribution in [2.24, 2.45) is 0 Å². The van der Waals surface area contributed by atoms with Gasteiger partial charge in [0.1, 0.15) is 0 Å². The largest absolute Gasteiger partial charge is 0.478 e. The van der Waals surface area contributed by atoms with Gasteiger partial charge in [-0.1, -0.05) is 89.1 Å². The van der Waals surface area contributed by atoms with Crippen LogP contribution in [0.5, 0.6) is 0 Å². The molecule has 0 spiro atoms. The van der Waals surface area contributed by atoms with Gasteiger partial charge in [-0.15, -0.1) is 0 Å². The van der Waals surface area contributed by atoms with E-state index in [2.05, 4.69) is 13.8 Å². The number of carbonyl (C=O) groups is 2. The summed E-state index contributed by atoms with van der Waals surface area (Å²) < 4.78 is 0. The van der Waals surface area contributed by atoms with Crippen molar-refractivity contribution in [3.8, 4) is 0 Å². The van der Waals surface area contributed by atoms with Crippen molar-refractivity contribution >= 4 is 18.0 Å². The number of aliphatic carboxylic acids is 2. The smallest absolute Gasteiger partial charge is 0.331 e. The topological polar surface area (TPSA) is 74.6 Å². The molecule has 4 nitrogen and oxygen atoms in total. The Hall–Kier alpha value is -2.62. The van der Waals surface area contributed by atoms with Gasteiger partial charge in [0, 0.05) is 11.1 Å². The molecule has 31 heavy (non-hydrogen) atoms. The number of rotatable bonds is 16. The van der Waals surface area contributed by atoms with Gasteiger partial charge in [-0.3, -0.25) is 0 Å². The maximum Gasteiger partial charge on any atom is 0.331 e. The zero-order valence-corrected chi connectivity index (χ0v) is 19.1. The number of carboxylic acids is 2. The first-order chi connectivity index (χ1) is 15.0. The Labute approximate surface area is 187 Å². The molecule has 2 N–H and O–H groups in total. The Morgan fingerprint density at radius 2 is 1.16 bits per heavy atom. The molecule has 0 fully saturated rings. The molecule has 0 heterocycles. The van der Waals surface area contributed by atoms with E-state index in [1.807, 2.05) is 36.4 Å². The van der Waals surface area contributed by atoms with Crippen molar-refractivity contribution in [1.29, 1.82) is 0 Å². The summed E-state index contributed by atoms with van der Waals surface area (Å²) >= 11 is 0. The van der Waals surface area contributed by atoms with Gasteiger partial charge in [-0.05, 0) is 55.0 Å². The summed E-state index contributed by atoms with van der Waals surface area (Å²) in [6.45, 7) is 4.25. The third-order valence-corrected chi connectivity index (χ3v) is 5.21. The van der Waals surface area contributed by atoms with Gasteiger partial charge in [0.2, 0.25) is 0 Å². The molecular formula is C27H38O4. The highest BCUT2D eigenvalue weighted by Gasteiger charge is 2.11. The van der Waals surface area contributed by atoms with E-state index in [-0.39, 0.29) is 0 Å². The lowest BCUT2D eigenvalue weighted by Gasteiger charge is -2.07. The summed E-state index contributed by atoms with van der Waals surface area (Å²) in [7, 11) is 0. The van der Waals surface area contributed by atoms with Crippen LogP contribution < -0.4 is 0 Å². The van der Waals surface area contributed by atoms with Crippen LogP contribution in [-0.4, -0.2) is 22.2 Å². The van der Waals surface area contributed by atoms with Crippen molar-refractivity contribution in [1.82, 2.24) is 0 Å². The third kappa shape index (κ3) is 12.0. The zero-order valence-electron chi connectivity index (χ0n) is 19.1.